The molecule has 5 heterocycles. The molecule has 1 fully saturated rings. The number of alkyl carbamates (subject to hydrolysis) is 1. The molecular weight excluding hydrogens is 1480 g/mol. The number of ether oxygens (including phenoxy) is 8. The van der Waals surface area contributed by atoms with Crippen molar-refractivity contribution in [3.8, 4) is 23.2 Å². The fraction of sp³-hybridized carbons (Fsp3) is 0.566. The van der Waals surface area contributed by atoms with Crippen LogP contribution in [0.4, 0.5) is 19.7 Å². The number of primary amides is 1. The van der Waals surface area contributed by atoms with E-state index in [0.29, 0.717) is 95.9 Å². The number of anilines is 1. The third kappa shape index (κ3) is 23.4. The minimum Gasteiger partial charge on any atom is -0.481 e. The fourth-order valence-electron chi connectivity index (χ4n) is 13.6. The van der Waals surface area contributed by atoms with Crippen LogP contribution in [0, 0.1) is 36.4 Å². The zero-order chi connectivity index (χ0) is 80.5. The lowest BCUT2D eigenvalue weighted by atomic mass is 9.81. The monoisotopic (exact) mass is 1580 g/mol. The van der Waals surface area contributed by atoms with Crippen LogP contribution in [0.2, 0.25) is 0 Å². The van der Waals surface area contributed by atoms with Crippen LogP contribution in [0.3, 0.4) is 0 Å². The van der Waals surface area contributed by atoms with E-state index in [1.807, 2.05) is 0 Å². The van der Waals surface area contributed by atoms with Gasteiger partial charge in [-0.05, 0) is 111 Å². The number of aryl methyl sites for hydroxylation is 1. The normalized spacial score (nSPS) is 19.0. The molecule has 34 nitrogen and oxygen atoms in total. The van der Waals surface area contributed by atoms with Gasteiger partial charge in [0.1, 0.15) is 63.7 Å². The van der Waals surface area contributed by atoms with Gasteiger partial charge in [-0.1, -0.05) is 45.2 Å². The first-order valence-corrected chi connectivity index (χ1v) is 38.5. The van der Waals surface area contributed by atoms with Gasteiger partial charge in [0.05, 0.1) is 98.7 Å². The minimum atomic E-state index is -2.07. The van der Waals surface area contributed by atoms with Crippen LogP contribution < -0.4 is 59.1 Å². The number of cyclic esters (lactones) is 1. The third-order valence-corrected chi connectivity index (χ3v) is 21.3. The average molecular weight is 1580 g/mol. The SMILES string of the molecule is CC[C@@]1(O)C(=O)OCc2c1cc1n(c2=O)Cc2c-1nc1cc(F)c(C)c3c1c2[C@@H](NC(=O)COCNC(=O)CNC(=O)OCc1ccc(NC(=O)[C@H](CCCNC(N)=O)NC(=O)[C@@H](NC(=O)C2CS[C@]2(CCC(=O)O)NC(=O)CCOCCOCCOCCOCCNC(=O)COC2C#CCCCCC2)C(C)C)cc1)CC3. The predicted octanol–water partition coefficient (Wildman–Crippen LogP) is 2.63. The number of benzene rings is 2. The molecule has 2 aliphatic carbocycles. The van der Waals surface area contributed by atoms with Gasteiger partial charge in [0, 0.05) is 66.4 Å². The lowest BCUT2D eigenvalue weighted by molar-refractivity contribution is -0.172. The quantitative estimate of drug-likeness (QED) is 0.0115. The predicted molar refractivity (Wildman–Crippen MR) is 401 cm³/mol. The van der Waals surface area contributed by atoms with Gasteiger partial charge in [-0.3, -0.25) is 43.2 Å². The molecule has 7 atom stereocenters. The maximum Gasteiger partial charge on any atom is 0.407 e. The van der Waals surface area contributed by atoms with Crippen molar-refractivity contribution in [1.29, 1.82) is 0 Å². The van der Waals surface area contributed by atoms with Crippen LogP contribution in [0.1, 0.15) is 143 Å². The fourth-order valence-corrected chi connectivity index (χ4v) is 15.0. The van der Waals surface area contributed by atoms with Crippen LogP contribution in [0.15, 0.2) is 41.2 Å². The van der Waals surface area contributed by atoms with E-state index < -0.39 is 131 Å². The number of carboxylic acid groups (broad SMARTS) is 1. The molecule has 0 saturated carbocycles. The summed E-state index contributed by atoms with van der Waals surface area (Å²) in [4.78, 5) is 160. The summed E-state index contributed by atoms with van der Waals surface area (Å²) in [5.41, 5.74) is 7.02. The Bertz CT molecular complexity index is 4230. The van der Waals surface area contributed by atoms with Gasteiger partial charge < -0.3 is 106 Å². The first-order chi connectivity index (χ1) is 53.8. The Balaban J connectivity index is 0.666. The molecule has 13 N–H and O–H groups in total. The Hall–Kier alpha value is -9.87. The van der Waals surface area contributed by atoms with E-state index in [4.69, 9.17) is 48.6 Å². The maximum atomic E-state index is 15.4. The number of urea groups is 1. The largest absolute Gasteiger partial charge is 0.481 e. The Labute approximate surface area is 649 Å². The summed E-state index contributed by atoms with van der Waals surface area (Å²) in [6, 6.07) is 5.07. The van der Waals surface area contributed by atoms with E-state index in [9.17, 15) is 67.7 Å². The van der Waals surface area contributed by atoms with E-state index in [1.165, 1.54) is 34.5 Å². The number of fused-ring (bicyclic) bond motifs is 5. The molecule has 5 aliphatic rings. The number of amides is 10. The number of thioether (sulfide) groups is 1. The number of aromatic nitrogens is 2. The molecule has 2 aromatic carbocycles. The summed E-state index contributed by atoms with van der Waals surface area (Å²) in [6.45, 7) is 6.76. The van der Waals surface area contributed by atoms with Crippen molar-refractivity contribution in [2.45, 2.75) is 166 Å². The van der Waals surface area contributed by atoms with Crippen LogP contribution in [-0.4, -0.2) is 206 Å². The van der Waals surface area contributed by atoms with Crippen molar-refractivity contribution < 1.29 is 105 Å². The molecule has 36 heteroatoms. The number of nitrogens with zero attached hydrogens (tertiary/aromatic N) is 2. The lowest BCUT2D eigenvalue weighted by Gasteiger charge is -2.48. The van der Waals surface area contributed by atoms with Crippen molar-refractivity contribution >= 4 is 93.8 Å². The van der Waals surface area contributed by atoms with Gasteiger partial charge in [0.25, 0.3) is 5.56 Å². The molecule has 608 valence electrons. The number of esters is 1. The summed E-state index contributed by atoms with van der Waals surface area (Å²) < 4.78 is 60.7. The number of rotatable bonds is 43. The van der Waals surface area contributed by atoms with E-state index in [1.54, 1.807) is 45.9 Å². The molecule has 3 aliphatic heterocycles. The third-order valence-electron chi connectivity index (χ3n) is 19.7. The molecule has 10 amide bonds. The number of halogens is 1. The molecule has 9 rings (SSSR count). The van der Waals surface area contributed by atoms with Gasteiger partial charge in [0.2, 0.25) is 41.4 Å². The zero-order valence-electron chi connectivity index (χ0n) is 63.2. The standard InChI is InChI=1S/C76H99FN12O22S/c1-5-75(103)52-34-58-67-50(37-89(58)71(99)51(52)39-110-72(75)100)65-55(20-19-49-45(4)54(77)35-57(85-67)64(49)65)84-62(93)40-108-43-82-60(91)36-81-74(102)111-38-46-15-17-47(18-16-46)83-69(97)56(14-11-24-80-73(78)101)86-70(98)66(44(2)3)87-68(96)53-42-112-76(53,23-21-63(94)95)88-59(90)22-26-104-28-30-106-32-33-107-31-29-105-27-25-79-61(92)41-109-48-12-9-7-6-8-10-13-48/h15-18,34-35,44,48,53,55-56,66,103H,5-9,11-12,14,19-33,36-43H2,1-4H3,(H,79,92)(H,81,102)(H,82,91)(H,83,97)(H,84,93)(H,86,98)(H,87,96)(H,88,90)(H,94,95)(H3,78,80,101)/t48?,53?,55-,56-,66-,75-,76-/m0/s1. The van der Waals surface area contributed by atoms with Crippen molar-refractivity contribution in [2.24, 2.45) is 17.6 Å². The van der Waals surface area contributed by atoms with Crippen molar-refractivity contribution in [3.05, 3.63) is 91.5 Å². The lowest BCUT2D eigenvalue weighted by Crippen LogP contribution is -2.65. The van der Waals surface area contributed by atoms with Gasteiger partial charge in [-0.15, -0.1) is 17.7 Å². The molecule has 112 heavy (non-hydrogen) atoms. The number of aliphatic hydroxyl groups is 1. The molecule has 0 bridgehead atoms. The smallest absolute Gasteiger partial charge is 0.407 e. The first-order valence-electron chi connectivity index (χ1n) is 37.5. The second-order valence-electron chi connectivity index (χ2n) is 27.9. The number of aliphatic carboxylic acids is 1. The number of nitrogens with one attached hydrogen (secondary N) is 9. The van der Waals surface area contributed by atoms with E-state index in [-0.39, 0.29) is 132 Å². The maximum absolute atomic E-state index is 15.4. The highest BCUT2D eigenvalue weighted by Crippen LogP contribution is 2.48. The topological polar surface area (TPSA) is 471 Å². The number of hydrogen-bond acceptors (Lipinski definition) is 23. The molecule has 2 unspecified atom stereocenters. The van der Waals surface area contributed by atoms with E-state index in [0.717, 1.165) is 32.1 Å². The molecule has 2 aromatic heterocycles. The summed E-state index contributed by atoms with van der Waals surface area (Å²) in [6.07, 6.45) is 3.95. The second-order valence-corrected chi connectivity index (χ2v) is 29.2. The zero-order valence-corrected chi connectivity index (χ0v) is 64.0. The van der Waals surface area contributed by atoms with Crippen LogP contribution >= 0.6 is 11.8 Å². The number of pyridine rings is 2. The van der Waals surface area contributed by atoms with Crippen molar-refractivity contribution in [2.75, 3.05) is 104 Å². The van der Waals surface area contributed by atoms with Crippen LogP contribution in [0.5, 0.6) is 0 Å². The van der Waals surface area contributed by atoms with Crippen molar-refractivity contribution in [1.82, 2.24) is 52.1 Å². The van der Waals surface area contributed by atoms with Gasteiger partial charge in [-0.2, -0.15) is 0 Å². The highest BCUT2D eigenvalue weighted by molar-refractivity contribution is 8.02. The number of nitrogens with two attached hydrogens (primary N) is 1. The Morgan fingerprint density at radius 2 is 1.54 bits per heavy atom. The number of hydrogen-bond donors (Lipinski definition) is 12. The molecule has 0 radical (unpaired) electrons. The summed E-state index contributed by atoms with van der Waals surface area (Å²) in [5, 5.41) is 45.7. The Kier molecular flexibility index (Phi) is 32.0. The Morgan fingerprint density at radius 1 is 0.804 bits per heavy atom. The number of carboxylic acids is 1. The molecular formula is C76H99FN12O22S. The average Bonchev–Trinajstić information content (AvgIpc) is 1.67. The molecule has 1 saturated heterocycles. The molecule has 4 aromatic rings. The number of carbonyl (C=O) groups is 11. The van der Waals surface area contributed by atoms with E-state index >= 15 is 4.39 Å². The minimum absolute atomic E-state index is 0.00514. The van der Waals surface area contributed by atoms with E-state index in [2.05, 4.69) is 59.7 Å². The highest BCUT2D eigenvalue weighted by atomic mass is 32.2. The summed E-state index contributed by atoms with van der Waals surface area (Å²) >= 11 is 1.20. The van der Waals surface area contributed by atoms with Crippen LogP contribution in [-0.2, 0) is 113 Å². The Morgan fingerprint density at radius 3 is 2.23 bits per heavy atom. The van der Waals surface area contributed by atoms with Crippen LogP contribution in [0.25, 0.3) is 22.3 Å². The summed E-state index contributed by atoms with van der Waals surface area (Å²) in [5.74, 6) is -1.68. The van der Waals surface area contributed by atoms with Crippen molar-refractivity contribution in [3.63, 3.8) is 0 Å². The number of carbonyl (C=O) groups excluding carboxylic acids is 10. The second kappa shape index (κ2) is 41.6. The van der Waals surface area contributed by atoms with Gasteiger partial charge in [0.15, 0.2) is 5.60 Å². The van der Waals surface area contributed by atoms with Gasteiger partial charge >= 0.3 is 24.1 Å². The summed E-state index contributed by atoms with van der Waals surface area (Å²) in [7, 11) is 0. The first kappa shape index (κ1) is 86.1. The molecule has 0 spiro atoms. The van der Waals surface area contributed by atoms with Gasteiger partial charge in [-0.25, -0.2) is 23.8 Å². The highest BCUT2D eigenvalue weighted by Gasteiger charge is 2.53.